The van der Waals surface area contributed by atoms with E-state index in [0.717, 1.165) is 12.3 Å². The Labute approximate surface area is 154 Å². The Bertz CT molecular complexity index is 784. The summed E-state index contributed by atoms with van der Waals surface area (Å²) in [6.07, 6.45) is 5.35. The van der Waals surface area contributed by atoms with Gasteiger partial charge in [0.2, 0.25) is 15.9 Å². The fourth-order valence-electron chi connectivity index (χ4n) is 5.11. The number of nitrogens with zero attached hydrogens (tertiary/aromatic N) is 3. The van der Waals surface area contributed by atoms with E-state index >= 15 is 0 Å². The molecule has 7 nitrogen and oxygen atoms in total. The summed E-state index contributed by atoms with van der Waals surface area (Å²) < 4.78 is 32.5. The first-order valence-corrected chi connectivity index (χ1v) is 11.0. The van der Waals surface area contributed by atoms with Crippen LogP contribution in [0.1, 0.15) is 43.6 Å². The molecular formula is C18H27N3O4S. The quantitative estimate of drug-likeness (QED) is 0.799. The Kier molecular flexibility index (Phi) is 4.59. The maximum atomic E-state index is 13.0. The van der Waals surface area contributed by atoms with Crippen molar-refractivity contribution in [1.82, 2.24) is 14.4 Å². The Hall–Kier alpha value is -1.41. The fourth-order valence-corrected chi connectivity index (χ4v) is 6.87. The van der Waals surface area contributed by atoms with Crippen LogP contribution in [0.5, 0.6) is 0 Å². The van der Waals surface area contributed by atoms with Crippen molar-refractivity contribution in [2.75, 3.05) is 26.2 Å². The number of hydrogen-bond acceptors (Lipinski definition) is 5. The van der Waals surface area contributed by atoms with Gasteiger partial charge in [-0.25, -0.2) is 8.42 Å². The third-order valence-corrected chi connectivity index (χ3v) is 8.53. The molecule has 2 aliphatic carbocycles. The van der Waals surface area contributed by atoms with Crippen LogP contribution in [-0.2, 0) is 14.8 Å². The van der Waals surface area contributed by atoms with E-state index in [1.165, 1.54) is 23.6 Å². The highest BCUT2D eigenvalue weighted by Crippen LogP contribution is 2.48. The number of carbonyl (C=O) groups excluding carboxylic acids is 1. The zero-order chi connectivity index (χ0) is 18.5. The van der Waals surface area contributed by atoms with Gasteiger partial charge in [-0.05, 0) is 51.4 Å². The van der Waals surface area contributed by atoms with Crippen LogP contribution >= 0.6 is 0 Å². The van der Waals surface area contributed by atoms with Crippen molar-refractivity contribution >= 4 is 15.9 Å². The van der Waals surface area contributed by atoms with Crippen molar-refractivity contribution < 1.29 is 17.7 Å². The molecule has 1 saturated heterocycles. The number of fused-ring (bicyclic) bond motifs is 2. The van der Waals surface area contributed by atoms with Crippen molar-refractivity contribution in [1.29, 1.82) is 0 Å². The van der Waals surface area contributed by atoms with Crippen LogP contribution in [0.25, 0.3) is 0 Å². The lowest BCUT2D eigenvalue weighted by Gasteiger charge is -2.28. The molecule has 8 heteroatoms. The Morgan fingerprint density at radius 3 is 2.54 bits per heavy atom. The molecular weight excluding hydrogens is 354 g/mol. The summed E-state index contributed by atoms with van der Waals surface area (Å²) in [6, 6.07) is 0. The van der Waals surface area contributed by atoms with Gasteiger partial charge in [-0.2, -0.15) is 4.31 Å². The molecule has 3 aliphatic rings. The average molecular weight is 381 g/mol. The molecule has 3 fully saturated rings. The van der Waals surface area contributed by atoms with Crippen molar-refractivity contribution in [3.05, 3.63) is 11.5 Å². The van der Waals surface area contributed by atoms with E-state index < -0.39 is 10.0 Å². The van der Waals surface area contributed by atoms with Crippen molar-refractivity contribution in [2.45, 2.75) is 50.8 Å². The van der Waals surface area contributed by atoms with Crippen LogP contribution in [-0.4, -0.2) is 54.9 Å². The Balaban J connectivity index is 1.46. The smallest absolute Gasteiger partial charge is 0.248 e. The summed E-state index contributed by atoms with van der Waals surface area (Å²) in [5, 5.41) is 3.77. The highest BCUT2D eigenvalue weighted by atomic mass is 32.2. The monoisotopic (exact) mass is 381 g/mol. The highest BCUT2D eigenvalue weighted by molar-refractivity contribution is 7.89. The summed E-state index contributed by atoms with van der Waals surface area (Å²) in [6.45, 7) is 5.13. The normalized spacial score (nSPS) is 29.9. The van der Waals surface area contributed by atoms with Gasteiger partial charge < -0.3 is 9.42 Å². The van der Waals surface area contributed by atoms with Crippen LogP contribution in [0.2, 0.25) is 0 Å². The molecule has 0 radical (unpaired) electrons. The number of rotatable bonds is 3. The van der Waals surface area contributed by atoms with E-state index in [0.29, 0.717) is 50.0 Å². The van der Waals surface area contributed by atoms with Gasteiger partial charge in [0.1, 0.15) is 10.6 Å². The van der Waals surface area contributed by atoms with Crippen molar-refractivity contribution in [3.63, 3.8) is 0 Å². The number of hydrogen-bond donors (Lipinski definition) is 0. The summed E-state index contributed by atoms with van der Waals surface area (Å²) in [5.74, 6) is 2.02. The lowest BCUT2D eigenvalue weighted by molar-refractivity contribution is -0.137. The van der Waals surface area contributed by atoms with E-state index in [4.69, 9.17) is 4.52 Å². The second kappa shape index (κ2) is 6.64. The van der Waals surface area contributed by atoms with Gasteiger partial charge in [0.25, 0.3) is 0 Å². The van der Waals surface area contributed by atoms with Crippen LogP contribution in [0.4, 0.5) is 0 Å². The van der Waals surface area contributed by atoms with Crippen molar-refractivity contribution in [2.24, 2.45) is 17.8 Å². The molecule has 1 aromatic rings. The number of sulfonamides is 1. The first-order valence-electron chi connectivity index (χ1n) is 9.59. The zero-order valence-electron chi connectivity index (χ0n) is 15.5. The van der Waals surface area contributed by atoms with Crippen LogP contribution in [0, 0.1) is 31.6 Å². The van der Waals surface area contributed by atoms with E-state index in [-0.39, 0.29) is 16.7 Å². The van der Waals surface area contributed by atoms with Crippen LogP contribution in [0.3, 0.4) is 0 Å². The molecule has 26 heavy (non-hydrogen) atoms. The summed E-state index contributed by atoms with van der Waals surface area (Å²) in [7, 11) is -3.64. The largest absolute Gasteiger partial charge is 0.360 e. The van der Waals surface area contributed by atoms with Crippen molar-refractivity contribution in [3.8, 4) is 0 Å². The minimum Gasteiger partial charge on any atom is -0.360 e. The third kappa shape index (κ3) is 2.97. The second-order valence-electron chi connectivity index (χ2n) is 8.02. The average Bonchev–Trinajstić information content (AvgIpc) is 3.25. The highest BCUT2D eigenvalue weighted by Gasteiger charge is 2.44. The fraction of sp³-hybridized carbons (Fsp3) is 0.778. The minimum absolute atomic E-state index is 0.166. The van der Waals surface area contributed by atoms with Crippen LogP contribution in [0.15, 0.2) is 9.42 Å². The maximum Gasteiger partial charge on any atom is 0.248 e. The first-order chi connectivity index (χ1) is 12.4. The summed E-state index contributed by atoms with van der Waals surface area (Å²) in [4.78, 5) is 15.0. The second-order valence-corrected chi connectivity index (χ2v) is 9.89. The van der Waals surface area contributed by atoms with Gasteiger partial charge in [0, 0.05) is 32.1 Å². The minimum atomic E-state index is -3.64. The number of amides is 1. The molecule has 1 aromatic heterocycles. The molecule has 1 amide bonds. The molecule has 2 saturated carbocycles. The van der Waals surface area contributed by atoms with Gasteiger partial charge in [-0.3, -0.25) is 4.79 Å². The van der Waals surface area contributed by atoms with E-state index in [1.54, 1.807) is 13.8 Å². The SMILES string of the molecule is Cc1noc(C)c1S(=O)(=O)N1CCCN(C(=O)C2CC3CCC2C3)CC1. The molecule has 144 valence electrons. The van der Waals surface area contributed by atoms with E-state index in [1.807, 2.05) is 4.90 Å². The van der Waals surface area contributed by atoms with Gasteiger partial charge in [-0.15, -0.1) is 0 Å². The lowest BCUT2D eigenvalue weighted by atomic mass is 9.87. The summed E-state index contributed by atoms with van der Waals surface area (Å²) in [5.41, 5.74) is 0.390. The molecule has 1 aliphatic heterocycles. The zero-order valence-corrected chi connectivity index (χ0v) is 16.3. The molecule has 0 aromatic carbocycles. The summed E-state index contributed by atoms with van der Waals surface area (Å²) >= 11 is 0. The standard InChI is InChI=1S/C18H27N3O4S/c1-12-17(13(2)25-19-12)26(23,24)21-7-3-6-20(8-9-21)18(22)16-11-14-4-5-15(16)10-14/h14-16H,3-11H2,1-2H3. The predicted molar refractivity (Wildman–Crippen MR) is 94.9 cm³/mol. The topological polar surface area (TPSA) is 83.7 Å². The maximum absolute atomic E-state index is 13.0. The Morgan fingerprint density at radius 2 is 1.92 bits per heavy atom. The molecule has 3 atom stereocenters. The molecule has 2 bridgehead atoms. The first kappa shape index (κ1) is 18.0. The number of aromatic nitrogens is 1. The van der Waals surface area contributed by atoms with Gasteiger partial charge in [0.15, 0.2) is 5.76 Å². The lowest BCUT2D eigenvalue weighted by Crippen LogP contribution is -2.41. The molecule has 3 unspecified atom stereocenters. The molecule has 2 heterocycles. The van der Waals surface area contributed by atoms with Gasteiger partial charge in [-0.1, -0.05) is 11.6 Å². The molecule has 0 spiro atoms. The number of aryl methyl sites for hydroxylation is 2. The van der Waals surface area contributed by atoms with Gasteiger partial charge in [0.05, 0.1) is 0 Å². The molecule has 4 rings (SSSR count). The van der Waals surface area contributed by atoms with E-state index in [2.05, 4.69) is 5.16 Å². The third-order valence-electron chi connectivity index (χ3n) is 6.39. The van der Waals surface area contributed by atoms with Gasteiger partial charge >= 0.3 is 0 Å². The Morgan fingerprint density at radius 1 is 1.12 bits per heavy atom. The molecule has 0 N–H and O–H groups in total. The van der Waals surface area contributed by atoms with Crippen LogP contribution < -0.4 is 0 Å². The van der Waals surface area contributed by atoms with E-state index in [9.17, 15) is 13.2 Å². The predicted octanol–water partition coefficient (Wildman–Crippen LogP) is 1.95. The number of carbonyl (C=O) groups is 1.